The number of benzene rings is 1. The molecule has 20 heavy (non-hydrogen) atoms. The van der Waals surface area contributed by atoms with Crippen molar-refractivity contribution in [3.63, 3.8) is 0 Å². The summed E-state index contributed by atoms with van der Waals surface area (Å²) in [5.74, 6) is -0.119. The smallest absolute Gasteiger partial charge is 0.273 e. The minimum Gasteiger partial charge on any atom is -0.332 e. The fraction of sp³-hybridized carbons (Fsp3) is 0.200. The van der Waals surface area contributed by atoms with Gasteiger partial charge in [0.2, 0.25) is 0 Å². The highest BCUT2D eigenvalue weighted by atomic mass is 79.9. The predicted molar refractivity (Wildman–Crippen MR) is 82.2 cm³/mol. The summed E-state index contributed by atoms with van der Waals surface area (Å²) >= 11 is 3.36. The molecule has 0 saturated heterocycles. The number of nitrogens with zero attached hydrogens (tertiary/aromatic N) is 2. The molecule has 0 fully saturated rings. The molecular weight excluding hydrogens is 318 g/mol. The summed E-state index contributed by atoms with van der Waals surface area (Å²) in [5, 5.41) is 0. The molecule has 0 aliphatic rings. The van der Waals surface area contributed by atoms with Gasteiger partial charge in [0.25, 0.3) is 5.91 Å². The Morgan fingerprint density at radius 1 is 1.20 bits per heavy atom. The molecule has 104 valence electrons. The van der Waals surface area contributed by atoms with E-state index in [2.05, 4.69) is 20.9 Å². The lowest BCUT2D eigenvalue weighted by molar-refractivity contribution is 0.0741. The van der Waals surface area contributed by atoms with Gasteiger partial charge in [0.1, 0.15) is 5.69 Å². The molecular formula is C15H16BrN3O. The van der Waals surface area contributed by atoms with Gasteiger partial charge < -0.3 is 10.6 Å². The van der Waals surface area contributed by atoms with Crippen molar-refractivity contribution in [3.8, 4) is 0 Å². The van der Waals surface area contributed by atoms with Gasteiger partial charge >= 0.3 is 0 Å². The maximum Gasteiger partial charge on any atom is 0.273 e. The van der Waals surface area contributed by atoms with Gasteiger partial charge in [-0.05, 0) is 33.6 Å². The third kappa shape index (κ3) is 3.65. The van der Waals surface area contributed by atoms with E-state index in [0.29, 0.717) is 29.8 Å². The molecule has 5 heteroatoms. The van der Waals surface area contributed by atoms with E-state index in [4.69, 9.17) is 5.73 Å². The highest BCUT2D eigenvalue weighted by molar-refractivity contribution is 9.10. The van der Waals surface area contributed by atoms with Crippen LogP contribution >= 0.6 is 15.9 Å². The summed E-state index contributed by atoms with van der Waals surface area (Å²) in [6.45, 7) is 1.44. The molecule has 2 rings (SSSR count). The van der Waals surface area contributed by atoms with Gasteiger partial charge in [0.05, 0.1) is 0 Å². The maximum atomic E-state index is 12.5. The molecule has 4 nitrogen and oxygen atoms in total. The Morgan fingerprint density at radius 2 is 1.95 bits per heavy atom. The van der Waals surface area contributed by atoms with Crippen LogP contribution in [-0.4, -0.2) is 28.9 Å². The maximum absolute atomic E-state index is 12.5. The monoisotopic (exact) mass is 333 g/mol. The van der Waals surface area contributed by atoms with Crippen LogP contribution in [0, 0.1) is 0 Å². The standard InChI is InChI=1S/C15H16BrN3O/c16-13-7-4-9-18-14(13)15(20)19(10-8-17)11-12-5-2-1-3-6-12/h1-7,9H,8,10-11,17H2. The first-order valence-corrected chi connectivity index (χ1v) is 7.15. The third-order valence-corrected chi connectivity index (χ3v) is 3.50. The number of hydrogen-bond acceptors (Lipinski definition) is 3. The van der Waals surface area contributed by atoms with Gasteiger partial charge in [-0.3, -0.25) is 4.79 Å². The fourth-order valence-corrected chi connectivity index (χ4v) is 2.33. The third-order valence-electron chi connectivity index (χ3n) is 2.86. The molecule has 1 amide bonds. The second-order valence-corrected chi connectivity index (χ2v) is 5.19. The molecule has 0 aliphatic heterocycles. The van der Waals surface area contributed by atoms with Gasteiger partial charge in [0, 0.05) is 30.3 Å². The van der Waals surface area contributed by atoms with Crippen molar-refractivity contribution in [1.29, 1.82) is 0 Å². The van der Waals surface area contributed by atoms with E-state index in [1.54, 1.807) is 17.2 Å². The van der Waals surface area contributed by atoms with E-state index in [0.717, 1.165) is 5.56 Å². The fourth-order valence-electron chi connectivity index (χ4n) is 1.90. The number of amides is 1. The Kier molecular flexibility index (Phi) is 5.26. The van der Waals surface area contributed by atoms with Gasteiger partial charge in [-0.1, -0.05) is 30.3 Å². The summed E-state index contributed by atoms with van der Waals surface area (Å²) in [5.41, 5.74) is 7.10. The molecule has 0 atom stereocenters. The van der Waals surface area contributed by atoms with Crippen molar-refractivity contribution >= 4 is 21.8 Å². The lowest BCUT2D eigenvalue weighted by atomic mass is 10.2. The van der Waals surface area contributed by atoms with Gasteiger partial charge in [-0.2, -0.15) is 0 Å². The first-order valence-electron chi connectivity index (χ1n) is 6.36. The molecule has 0 aliphatic carbocycles. The molecule has 2 aromatic rings. The van der Waals surface area contributed by atoms with Crippen LogP contribution in [-0.2, 0) is 6.54 Å². The molecule has 0 saturated carbocycles. The van der Waals surface area contributed by atoms with E-state index in [-0.39, 0.29) is 5.91 Å². The van der Waals surface area contributed by atoms with E-state index in [1.807, 2.05) is 36.4 Å². The van der Waals surface area contributed by atoms with E-state index in [9.17, 15) is 4.79 Å². The number of hydrogen-bond donors (Lipinski definition) is 1. The van der Waals surface area contributed by atoms with Crippen LogP contribution in [0.1, 0.15) is 16.1 Å². The average Bonchev–Trinajstić information content (AvgIpc) is 2.48. The van der Waals surface area contributed by atoms with Gasteiger partial charge in [-0.15, -0.1) is 0 Å². The number of carbonyl (C=O) groups excluding carboxylic acids is 1. The number of halogens is 1. The molecule has 1 aromatic carbocycles. The quantitative estimate of drug-likeness (QED) is 0.914. The lowest BCUT2D eigenvalue weighted by Gasteiger charge is -2.22. The summed E-state index contributed by atoms with van der Waals surface area (Å²) in [6, 6.07) is 13.4. The van der Waals surface area contributed by atoms with Crippen LogP contribution in [0.3, 0.4) is 0 Å². The number of rotatable bonds is 5. The summed E-state index contributed by atoms with van der Waals surface area (Å²) in [6.07, 6.45) is 1.61. The Labute approximate surface area is 126 Å². The van der Waals surface area contributed by atoms with Crippen molar-refractivity contribution in [2.45, 2.75) is 6.54 Å². The molecule has 1 heterocycles. The lowest BCUT2D eigenvalue weighted by Crippen LogP contribution is -2.35. The Bertz CT molecular complexity index is 574. The summed E-state index contributed by atoms with van der Waals surface area (Å²) in [7, 11) is 0. The zero-order chi connectivity index (χ0) is 14.4. The highest BCUT2D eigenvalue weighted by Gasteiger charge is 2.18. The molecule has 0 radical (unpaired) electrons. The second kappa shape index (κ2) is 7.17. The van der Waals surface area contributed by atoms with Crippen LogP contribution in [0.2, 0.25) is 0 Å². The normalized spacial score (nSPS) is 10.3. The zero-order valence-electron chi connectivity index (χ0n) is 11.0. The van der Waals surface area contributed by atoms with Crippen molar-refractivity contribution in [2.24, 2.45) is 5.73 Å². The van der Waals surface area contributed by atoms with E-state index >= 15 is 0 Å². The number of nitrogens with two attached hydrogens (primary N) is 1. The minimum atomic E-state index is -0.119. The molecule has 0 unspecified atom stereocenters. The Hall–Kier alpha value is -1.72. The van der Waals surface area contributed by atoms with E-state index < -0.39 is 0 Å². The molecule has 1 aromatic heterocycles. The minimum absolute atomic E-state index is 0.119. The van der Waals surface area contributed by atoms with Crippen molar-refractivity contribution in [1.82, 2.24) is 9.88 Å². The van der Waals surface area contributed by atoms with Crippen LogP contribution in [0.5, 0.6) is 0 Å². The van der Waals surface area contributed by atoms with Crippen molar-refractivity contribution in [2.75, 3.05) is 13.1 Å². The molecule has 2 N–H and O–H groups in total. The van der Waals surface area contributed by atoms with Gasteiger partial charge in [-0.25, -0.2) is 4.98 Å². The second-order valence-electron chi connectivity index (χ2n) is 4.33. The highest BCUT2D eigenvalue weighted by Crippen LogP contribution is 2.16. The summed E-state index contributed by atoms with van der Waals surface area (Å²) in [4.78, 5) is 18.4. The topological polar surface area (TPSA) is 59.2 Å². The summed E-state index contributed by atoms with van der Waals surface area (Å²) < 4.78 is 0.695. The van der Waals surface area contributed by atoms with Crippen LogP contribution in [0.15, 0.2) is 53.1 Å². The number of carbonyl (C=O) groups is 1. The molecule has 0 bridgehead atoms. The predicted octanol–water partition coefficient (Wildman–Crippen LogP) is 2.45. The molecule has 0 spiro atoms. The largest absolute Gasteiger partial charge is 0.332 e. The van der Waals surface area contributed by atoms with Crippen molar-refractivity contribution < 1.29 is 4.79 Å². The van der Waals surface area contributed by atoms with E-state index in [1.165, 1.54) is 0 Å². The van der Waals surface area contributed by atoms with Crippen LogP contribution in [0.25, 0.3) is 0 Å². The zero-order valence-corrected chi connectivity index (χ0v) is 12.6. The van der Waals surface area contributed by atoms with Crippen LogP contribution in [0.4, 0.5) is 0 Å². The SMILES string of the molecule is NCCN(Cc1ccccc1)C(=O)c1ncccc1Br. The first-order chi connectivity index (χ1) is 9.72. The number of pyridine rings is 1. The first kappa shape index (κ1) is 14.7. The Morgan fingerprint density at radius 3 is 2.60 bits per heavy atom. The average molecular weight is 334 g/mol. The number of aromatic nitrogens is 1. The van der Waals surface area contributed by atoms with Gasteiger partial charge in [0.15, 0.2) is 0 Å². The van der Waals surface area contributed by atoms with Crippen LogP contribution < -0.4 is 5.73 Å². The Balaban J connectivity index is 2.20. The van der Waals surface area contributed by atoms with Crippen molar-refractivity contribution in [3.05, 3.63) is 64.4 Å².